The summed E-state index contributed by atoms with van der Waals surface area (Å²) in [5.41, 5.74) is 10.7. The number of nitrogens with two attached hydrogens (primary N) is 2. The third kappa shape index (κ3) is 19.6. The summed E-state index contributed by atoms with van der Waals surface area (Å²) < 4.78 is 0.873. The van der Waals surface area contributed by atoms with E-state index in [0.29, 0.717) is 31.2 Å². The van der Waals surface area contributed by atoms with Gasteiger partial charge < -0.3 is 64.7 Å². The number of hydrogen-bond acceptors (Lipinski definition) is 8. The summed E-state index contributed by atoms with van der Waals surface area (Å²) >= 11 is 0. The fourth-order valence-corrected chi connectivity index (χ4v) is 6.97. The molecule has 60 heavy (non-hydrogen) atoms. The zero-order valence-corrected chi connectivity index (χ0v) is 37.6. The molecule has 1 aromatic rings. The van der Waals surface area contributed by atoms with Crippen LogP contribution in [0.4, 0.5) is 0 Å². The van der Waals surface area contributed by atoms with Gasteiger partial charge in [-0.2, -0.15) is 0 Å². The molecule has 0 saturated carbocycles. The quantitative estimate of drug-likeness (QED) is 0.0265. The third-order valence-corrected chi connectivity index (χ3v) is 10.1. The number of likely N-dealkylation sites (tertiary alicyclic amines) is 1. The molecule has 1 aromatic carbocycles. The first kappa shape index (κ1) is 53.4. The number of nitrogens with one attached hydrogen (secondary N) is 4. The van der Waals surface area contributed by atoms with Crippen LogP contribution < -0.4 is 45.1 Å². The standard InChI is InChI=1S/C42H71N9O8.ClH/c1-27(2)25-32(40(58)59)48-38(56)35(42(3,4)5)49-36(54)31(26-28-18-20-29(52)21-19-28)47-37(55)33-16-14-23-50(33)39(57)30(15-13-22-45-41(43)44)46-34(53)17-11-9-10-12-24-51(6,7)8;/h18-21,27,30-33,35H,9-17,22-26H2,1-8H3,(H9-,43,44,45,46,47,48,49,52,53,54,55,56,58,59);1H/t30-,31-,32-,33-,35+;/m0./s1. The number of phenols is 1. The van der Waals surface area contributed by atoms with Gasteiger partial charge in [0.2, 0.25) is 29.5 Å². The third-order valence-electron chi connectivity index (χ3n) is 10.1. The van der Waals surface area contributed by atoms with Crippen LogP contribution in [-0.2, 0) is 35.2 Å². The lowest BCUT2D eigenvalue weighted by Crippen LogP contribution is -3.00. The monoisotopic (exact) mass is 866 g/mol. The van der Waals surface area contributed by atoms with E-state index in [1.165, 1.54) is 17.0 Å². The summed E-state index contributed by atoms with van der Waals surface area (Å²) in [6, 6.07) is 0.625. The normalized spacial score (nSPS) is 16.1. The molecule has 1 saturated heterocycles. The van der Waals surface area contributed by atoms with Crippen LogP contribution in [-0.4, -0.2) is 132 Å². The lowest BCUT2D eigenvalue weighted by atomic mass is 9.85. The highest BCUT2D eigenvalue weighted by molar-refractivity contribution is 5.96. The Hall–Kier alpha value is -4.64. The highest BCUT2D eigenvalue weighted by Gasteiger charge is 2.40. The van der Waals surface area contributed by atoms with Crippen LogP contribution >= 0.6 is 0 Å². The molecule has 0 aliphatic carbocycles. The van der Waals surface area contributed by atoms with E-state index in [2.05, 4.69) is 47.4 Å². The van der Waals surface area contributed by atoms with Gasteiger partial charge in [-0.3, -0.25) is 29.0 Å². The van der Waals surface area contributed by atoms with Crippen molar-refractivity contribution in [3.8, 4) is 5.75 Å². The van der Waals surface area contributed by atoms with Crippen LogP contribution in [0.2, 0.25) is 0 Å². The second kappa shape index (κ2) is 25.2. The van der Waals surface area contributed by atoms with Crippen molar-refractivity contribution in [2.24, 2.45) is 27.8 Å². The lowest BCUT2D eigenvalue weighted by Gasteiger charge is -2.33. The Bertz CT molecular complexity index is 1590. The van der Waals surface area contributed by atoms with Gasteiger partial charge in [0.05, 0.1) is 27.7 Å². The van der Waals surface area contributed by atoms with E-state index >= 15 is 0 Å². The van der Waals surface area contributed by atoms with Crippen LogP contribution in [0, 0.1) is 11.3 Å². The second-order valence-electron chi connectivity index (χ2n) is 18.2. The predicted octanol–water partition coefficient (Wildman–Crippen LogP) is -1.24. The largest absolute Gasteiger partial charge is 1.00 e. The highest BCUT2D eigenvalue weighted by atomic mass is 35.5. The first-order valence-corrected chi connectivity index (χ1v) is 20.9. The molecule has 5 amide bonds. The summed E-state index contributed by atoms with van der Waals surface area (Å²) in [4.78, 5) is 86.6. The Morgan fingerprint density at radius 1 is 0.867 bits per heavy atom. The number of phenolic OH excluding ortho intramolecular Hbond substituents is 1. The molecule has 0 spiro atoms. The number of amides is 5. The average molecular weight is 867 g/mol. The molecule has 10 N–H and O–H groups in total. The second-order valence-corrected chi connectivity index (χ2v) is 18.2. The topological polar surface area (TPSA) is 259 Å². The van der Waals surface area contributed by atoms with Gasteiger partial charge in [0.1, 0.15) is 36.0 Å². The van der Waals surface area contributed by atoms with Gasteiger partial charge in [0.15, 0.2) is 5.96 Å². The van der Waals surface area contributed by atoms with E-state index in [0.717, 1.165) is 30.3 Å². The molecule has 1 aliphatic rings. The van der Waals surface area contributed by atoms with Crippen molar-refractivity contribution in [1.29, 1.82) is 0 Å². The number of carboxylic acids is 1. The zero-order valence-electron chi connectivity index (χ0n) is 36.9. The van der Waals surface area contributed by atoms with Crippen molar-refractivity contribution in [3.05, 3.63) is 29.8 Å². The van der Waals surface area contributed by atoms with Crippen molar-refractivity contribution in [1.82, 2.24) is 26.2 Å². The zero-order chi connectivity index (χ0) is 44.5. The van der Waals surface area contributed by atoms with Crippen LogP contribution in [0.25, 0.3) is 0 Å². The molecular weight excluding hydrogens is 794 g/mol. The molecule has 0 unspecified atom stereocenters. The van der Waals surface area contributed by atoms with Crippen LogP contribution in [0.5, 0.6) is 5.75 Å². The number of aromatic hydroxyl groups is 1. The molecule has 17 nitrogen and oxygen atoms in total. The number of benzene rings is 1. The number of carboxylic acid groups (broad SMARTS) is 1. The smallest absolute Gasteiger partial charge is 0.326 e. The van der Waals surface area contributed by atoms with Gasteiger partial charge in [-0.1, -0.05) is 53.2 Å². The van der Waals surface area contributed by atoms with E-state index in [4.69, 9.17) is 11.5 Å². The average Bonchev–Trinajstić information content (AvgIpc) is 3.62. The number of rotatable bonds is 24. The van der Waals surface area contributed by atoms with E-state index < -0.39 is 65.2 Å². The molecule has 0 aromatic heterocycles. The van der Waals surface area contributed by atoms with Crippen molar-refractivity contribution < 1.29 is 55.9 Å². The summed E-state index contributed by atoms with van der Waals surface area (Å²) in [5, 5.41) is 30.7. The number of halogens is 1. The van der Waals surface area contributed by atoms with Crippen LogP contribution in [0.1, 0.15) is 104 Å². The van der Waals surface area contributed by atoms with Crippen LogP contribution in [0.3, 0.4) is 0 Å². The Morgan fingerprint density at radius 2 is 1.50 bits per heavy atom. The predicted molar refractivity (Wildman–Crippen MR) is 227 cm³/mol. The van der Waals surface area contributed by atoms with Crippen LogP contribution in [0.15, 0.2) is 29.3 Å². The minimum absolute atomic E-state index is 0. The van der Waals surface area contributed by atoms with Crippen molar-refractivity contribution in [2.75, 3.05) is 40.8 Å². The summed E-state index contributed by atoms with van der Waals surface area (Å²) in [6.45, 7) is 10.4. The van der Waals surface area contributed by atoms with E-state index in [9.17, 15) is 39.0 Å². The summed E-state index contributed by atoms with van der Waals surface area (Å²) in [6.07, 6.45) is 5.45. The van der Waals surface area contributed by atoms with Gasteiger partial charge in [0, 0.05) is 25.9 Å². The number of guanidine groups is 1. The number of quaternary nitrogens is 1. The van der Waals surface area contributed by atoms with E-state index in [1.807, 2.05) is 13.8 Å². The van der Waals surface area contributed by atoms with E-state index in [-0.39, 0.29) is 74.7 Å². The molecule has 5 atom stereocenters. The number of unbranched alkanes of at least 4 members (excludes halogenated alkanes) is 3. The molecule has 2 rings (SSSR count). The lowest BCUT2D eigenvalue weighted by molar-refractivity contribution is -0.870. The molecule has 0 radical (unpaired) electrons. The van der Waals surface area contributed by atoms with Gasteiger partial charge >= 0.3 is 5.97 Å². The molecular formula is C42H72ClN9O8. The number of nitrogens with zero attached hydrogens (tertiary/aromatic N) is 3. The Labute approximate surface area is 362 Å². The van der Waals surface area contributed by atoms with Gasteiger partial charge in [0.25, 0.3) is 0 Å². The van der Waals surface area contributed by atoms with Gasteiger partial charge in [-0.25, -0.2) is 4.79 Å². The molecule has 340 valence electrons. The Morgan fingerprint density at radius 3 is 2.07 bits per heavy atom. The summed E-state index contributed by atoms with van der Waals surface area (Å²) in [7, 11) is 6.42. The highest BCUT2D eigenvalue weighted by Crippen LogP contribution is 2.23. The maximum atomic E-state index is 14.2. The van der Waals surface area contributed by atoms with Gasteiger partial charge in [-0.15, -0.1) is 0 Å². The molecule has 1 fully saturated rings. The number of hydrogen-bond donors (Lipinski definition) is 8. The maximum absolute atomic E-state index is 14.2. The summed E-state index contributed by atoms with van der Waals surface area (Å²) in [5.74, 6) is -3.97. The Kier molecular flexibility index (Phi) is 22.4. The molecule has 1 heterocycles. The SMILES string of the molecule is CC(C)C[C@H](NC(=O)[C@@H](NC(=O)[C@H](Cc1ccc(O)cc1)NC(=O)[C@@H]1CCCN1C(=O)[C@H](CCCN=C(N)N)NC(=O)CCCCCC[N+](C)(C)C)C(C)(C)C)C(=O)O.[Cl-]. The number of aliphatic imine (C=N–C) groups is 1. The van der Waals surface area contributed by atoms with E-state index in [1.54, 1.807) is 32.9 Å². The minimum atomic E-state index is -1.23. The number of carbonyl (C=O) groups is 6. The van der Waals surface area contributed by atoms with Crippen molar-refractivity contribution in [3.63, 3.8) is 0 Å². The Balaban J connectivity index is 0.0000180. The minimum Gasteiger partial charge on any atom is -1.00 e. The fraction of sp³-hybridized carbons (Fsp3) is 0.690. The molecule has 18 heteroatoms. The van der Waals surface area contributed by atoms with Gasteiger partial charge in [-0.05, 0) is 80.4 Å². The first-order chi connectivity index (χ1) is 27.5. The molecule has 1 aliphatic heterocycles. The fourth-order valence-electron chi connectivity index (χ4n) is 6.97. The first-order valence-electron chi connectivity index (χ1n) is 20.9. The molecule has 0 bridgehead atoms. The maximum Gasteiger partial charge on any atom is 0.326 e. The van der Waals surface area contributed by atoms with Crippen molar-refractivity contribution in [2.45, 2.75) is 135 Å². The van der Waals surface area contributed by atoms with Crippen molar-refractivity contribution >= 4 is 41.5 Å². The number of aliphatic carboxylic acids is 1. The number of carbonyl (C=O) groups excluding carboxylic acids is 5.